The third-order valence-electron chi connectivity index (χ3n) is 5.54. The predicted octanol–water partition coefficient (Wildman–Crippen LogP) is 1.86. The first-order chi connectivity index (χ1) is 11.8. The molecule has 9 heteroatoms. The van der Waals surface area contributed by atoms with Crippen molar-refractivity contribution in [2.45, 2.75) is 43.0 Å². The molecule has 3 rings (SSSR count). The lowest BCUT2D eigenvalue weighted by Gasteiger charge is -2.43. The van der Waals surface area contributed by atoms with Crippen molar-refractivity contribution in [2.75, 3.05) is 12.4 Å². The van der Waals surface area contributed by atoms with Crippen molar-refractivity contribution in [3.63, 3.8) is 0 Å². The van der Waals surface area contributed by atoms with Gasteiger partial charge in [0, 0.05) is 12.0 Å². The average molecular weight is 404 g/mol. The maximum Gasteiger partial charge on any atom is 0.238 e. The van der Waals surface area contributed by atoms with Crippen LogP contribution in [0.4, 0.5) is 5.69 Å². The summed E-state index contributed by atoms with van der Waals surface area (Å²) in [4.78, 5) is 12.7. The van der Waals surface area contributed by atoms with Crippen LogP contribution >= 0.6 is 12.4 Å². The van der Waals surface area contributed by atoms with E-state index in [1.165, 1.54) is 31.7 Å². The molecule has 1 aromatic carbocycles. The molecule has 1 aromatic rings. The molecule has 0 saturated heterocycles. The fourth-order valence-corrected chi connectivity index (χ4v) is 4.74. The van der Waals surface area contributed by atoms with E-state index in [-0.39, 0.29) is 35.2 Å². The monoisotopic (exact) mass is 403 g/mol. The Kier molecular flexibility index (Phi) is 6.55. The quantitative estimate of drug-likeness (QED) is 0.707. The number of anilines is 1. The number of methoxy groups -OCH3 is 1. The molecular weight excluding hydrogens is 378 g/mol. The van der Waals surface area contributed by atoms with Crippen molar-refractivity contribution in [2.24, 2.45) is 28.6 Å². The topological polar surface area (TPSA) is 125 Å². The lowest BCUT2D eigenvalue weighted by Crippen LogP contribution is -2.48. The number of rotatable bonds is 4. The van der Waals surface area contributed by atoms with Gasteiger partial charge in [0.2, 0.25) is 15.9 Å². The standard InChI is InChI=1S/C17H25N3O4S.ClH/c1-24-15-6-5-13(25(19,22)23)9-14(15)20-17(21)12-7-10-3-2-4-11(8-12)16(10)18;/h5-6,9-12,16H,2-4,7-8,18H2,1H3,(H,20,21)(H2,19,22,23);1H. The van der Waals surface area contributed by atoms with E-state index in [2.05, 4.69) is 5.32 Å². The molecule has 146 valence electrons. The molecule has 5 N–H and O–H groups in total. The zero-order valence-electron chi connectivity index (χ0n) is 14.7. The number of nitrogens with one attached hydrogen (secondary N) is 1. The van der Waals surface area contributed by atoms with E-state index in [9.17, 15) is 13.2 Å². The third-order valence-corrected chi connectivity index (χ3v) is 6.45. The minimum absolute atomic E-state index is 0. The highest BCUT2D eigenvalue weighted by Crippen LogP contribution is 2.42. The van der Waals surface area contributed by atoms with Gasteiger partial charge in [-0.1, -0.05) is 6.42 Å². The van der Waals surface area contributed by atoms with Gasteiger partial charge in [-0.05, 0) is 55.7 Å². The maximum absolute atomic E-state index is 12.7. The number of nitrogens with two attached hydrogens (primary N) is 2. The fourth-order valence-electron chi connectivity index (χ4n) is 4.20. The second-order valence-electron chi connectivity index (χ2n) is 7.09. The maximum atomic E-state index is 12.7. The second kappa shape index (κ2) is 8.12. The SMILES string of the molecule is COc1ccc(S(N)(=O)=O)cc1NC(=O)C1CC2CCCC(C1)C2N.Cl. The number of halogens is 1. The number of carbonyl (C=O) groups is 1. The Labute approximate surface area is 160 Å². The van der Waals surface area contributed by atoms with Gasteiger partial charge >= 0.3 is 0 Å². The molecule has 0 aromatic heterocycles. The lowest BCUT2D eigenvalue weighted by atomic mass is 9.65. The van der Waals surface area contributed by atoms with Crippen molar-refractivity contribution in [1.82, 2.24) is 0 Å². The molecule has 2 saturated carbocycles. The Bertz CT molecular complexity index is 757. The van der Waals surface area contributed by atoms with Crippen LogP contribution in [0.3, 0.4) is 0 Å². The summed E-state index contributed by atoms with van der Waals surface area (Å²) in [6, 6.07) is 4.37. The average Bonchev–Trinajstić information content (AvgIpc) is 2.53. The summed E-state index contributed by atoms with van der Waals surface area (Å²) < 4.78 is 28.3. The molecule has 7 nitrogen and oxygen atoms in total. The summed E-state index contributed by atoms with van der Waals surface area (Å²) in [5, 5.41) is 8.00. The smallest absolute Gasteiger partial charge is 0.238 e. The minimum Gasteiger partial charge on any atom is -0.495 e. The van der Waals surface area contributed by atoms with Crippen LogP contribution in [0.25, 0.3) is 0 Å². The molecule has 26 heavy (non-hydrogen) atoms. The van der Waals surface area contributed by atoms with E-state index < -0.39 is 10.0 Å². The summed E-state index contributed by atoms with van der Waals surface area (Å²) in [6.45, 7) is 0. The molecule has 0 radical (unpaired) electrons. The molecule has 2 atom stereocenters. The van der Waals surface area contributed by atoms with Gasteiger partial charge in [0.05, 0.1) is 17.7 Å². The zero-order valence-corrected chi connectivity index (χ0v) is 16.3. The van der Waals surface area contributed by atoms with E-state index in [4.69, 9.17) is 15.6 Å². The van der Waals surface area contributed by atoms with Crippen molar-refractivity contribution in [3.8, 4) is 5.75 Å². The molecule has 0 heterocycles. The number of fused-ring (bicyclic) bond motifs is 2. The van der Waals surface area contributed by atoms with E-state index >= 15 is 0 Å². The number of amides is 1. The van der Waals surface area contributed by atoms with Crippen LogP contribution in [0.15, 0.2) is 23.1 Å². The van der Waals surface area contributed by atoms with Crippen LogP contribution in [-0.2, 0) is 14.8 Å². The Balaban J connectivity index is 0.00000243. The van der Waals surface area contributed by atoms with Crippen molar-refractivity contribution >= 4 is 34.0 Å². The zero-order chi connectivity index (χ0) is 18.2. The highest BCUT2D eigenvalue weighted by atomic mass is 35.5. The van der Waals surface area contributed by atoms with E-state index in [0.717, 1.165) is 25.7 Å². The summed E-state index contributed by atoms with van der Waals surface area (Å²) in [6.07, 6.45) is 4.89. The second-order valence-corrected chi connectivity index (χ2v) is 8.65. The van der Waals surface area contributed by atoms with Gasteiger partial charge < -0.3 is 15.8 Å². The van der Waals surface area contributed by atoms with Crippen LogP contribution in [0.2, 0.25) is 0 Å². The van der Waals surface area contributed by atoms with Crippen molar-refractivity contribution < 1.29 is 17.9 Å². The molecule has 2 fully saturated rings. The number of benzene rings is 1. The number of hydrogen-bond donors (Lipinski definition) is 3. The van der Waals surface area contributed by atoms with Crippen molar-refractivity contribution in [1.29, 1.82) is 0 Å². The van der Waals surface area contributed by atoms with Gasteiger partial charge in [-0.3, -0.25) is 4.79 Å². The van der Waals surface area contributed by atoms with Crippen LogP contribution in [0.5, 0.6) is 5.75 Å². The third kappa shape index (κ3) is 4.31. The molecule has 2 bridgehead atoms. The molecular formula is C17H26ClN3O4S. The number of primary sulfonamides is 1. The van der Waals surface area contributed by atoms with Crippen LogP contribution < -0.4 is 20.9 Å². The largest absolute Gasteiger partial charge is 0.495 e. The van der Waals surface area contributed by atoms with Crippen LogP contribution in [0, 0.1) is 17.8 Å². The van der Waals surface area contributed by atoms with Gasteiger partial charge in [0.15, 0.2) is 0 Å². The molecule has 1 amide bonds. The highest BCUT2D eigenvalue weighted by molar-refractivity contribution is 7.89. The molecule has 2 aliphatic rings. The molecule has 0 aliphatic heterocycles. The highest BCUT2D eigenvalue weighted by Gasteiger charge is 2.40. The van der Waals surface area contributed by atoms with Crippen LogP contribution in [0.1, 0.15) is 32.1 Å². The number of sulfonamides is 1. The van der Waals surface area contributed by atoms with Crippen molar-refractivity contribution in [3.05, 3.63) is 18.2 Å². The number of ether oxygens (including phenoxy) is 1. The first-order valence-corrected chi connectivity index (χ1v) is 10.1. The summed E-state index contributed by atoms with van der Waals surface area (Å²) in [5.74, 6) is 0.946. The van der Waals surface area contributed by atoms with Gasteiger partial charge in [-0.25, -0.2) is 13.6 Å². The van der Waals surface area contributed by atoms with Gasteiger partial charge in [0.25, 0.3) is 0 Å². The first kappa shape index (κ1) is 21.0. The Morgan fingerprint density at radius 2 is 1.85 bits per heavy atom. The summed E-state index contributed by atoms with van der Waals surface area (Å²) >= 11 is 0. The molecule has 0 spiro atoms. The minimum atomic E-state index is -3.85. The predicted molar refractivity (Wildman–Crippen MR) is 102 cm³/mol. The van der Waals surface area contributed by atoms with Gasteiger partial charge in [-0.2, -0.15) is 0 Å². The normalized spacial score (nSPS) is 28.0. The van der Waals surface area contributed by atoms with Gasteiger partial charge in [0.1, 0.15) is 5.75 Å². The number of carbonyl (C=O) groups excluding carboxylic acids is 1. The first-order valence-electron chi connectivity index (χ1n) is 8.57. The van der Waals surface area contributed by atoms with E-state index in [1.54, 1.807) is 0 Å². The lowest BCUT2D eigenvalue weighted by molar-refractivity contribution is -0.122. The fraction of sp³-hybridized carbons (Fsp3) is 0.588. The number of hydrogen-bond acceptors (Lipinski definition) is 5. The molecule has 2 unspecified atom stereocenters. The van der Waals surface area contributed by atoms with E-state index in [1.807, 2.05) is 0 Å². The Hall–Kier alpha value is -1.35. The molecule has 2 aliphatic carbocycles. The Morgan fingerprint density at radius 3 is 2.38 bits per heavy atom. The summed E-state index contributed by atoms with van der Waals surface area (Å²) in [7, 11) is -2.39. The summed E-state index contributed by atoms with van der Waals surface area (Å²) in [5.41, 5.74) is 6.60. The van der Waals surface area contributed by atoms with Gasteiger partial charge in [-0.15, -0.1) is 12.4 Å². The Morgan fingerprint density at radius 1 is 1.23 bits per heavy atom. The van der Waals surface area contributed by atoms with Crippen LogP contribution in [-0.4, -0.2) is 27.5 Å². The van der Waals surface area contributed by atoms with E-state index in [0.29, 0.717) is 23.3 Å².